The number of benzene rings is 1. The summed E-state index contributed by atoms with van der Waals surface area (Å²) in [6.45, 7) is 2.59. The number of carbonyl (C=O) groups excluding carboxylic acids is 1. The molecule has 1 amide bonds. The molecule has 8 heteroatoms. The first kappa shape index (κ1) is 16.3. The number of halogens is 2. The SMILES string of the molecule is Cc1cc([N+](=O)[O-])c(F)c(C(=O)NC[C@H]2CCCOC2)c1F. The van der Waals surface area contributed by atoms with Gasteiger partial charge in [0.2, 0.25) is 5.82 Å². The molecule has 1 aromatic rings. The Hall–Kier alpha value is -2.09. The average Bonchev–Trinajstić information content (AvgIpc) is 2.49. The zero-order chi connectivity index (χ0) is 16.3. The van der Waals surface area contributed by atoms with Crippen molar-refractivity contribution in [2.24, 2.45) is 5.92 Å². The van der Waals surface area contributed by atoms with Gasteiger partial charge in [-0.1, -0.05) is 0 Å². The van der Waals surface area contributed by atoms with Gasteiger partial charge in [-0.15, -0.1) is 0 Å². The molecule has 1 aromatic carbocycles. The van der Waals surface area contributed by atoms with Crippen LogP contribution in [0, 0.1) is 34.6 Å². The first-order valence-corrected chi connectivity index (χ1v) is 6.90. The predicted octanol–water partition coefficient (Wildman–Crippen LogP) is 2.34. The van der Waals surface area contributed by atoms with Gasteiger partial charge in [-0.2, -0.15) is 4.39 Å². The Morgan fingerprint density at radius 3 is 2.82 bits per heavy atom. The summed E-state index contributed by atoms with van der Waals surface area (Å²) in [5.41, 5.74) is -1.98. The van der Waals surface area contributed by atoms with Crippen molar-refractivity contribution in [2.45, 2.75) is 19.8 Å². The lowest BCUT2D eigenvalue weighted by atomic mass is 10.0. The molecule has 1 heterocycles. The summed E-state index contributed by atoms with van der Waals surface area (Å²) in [5.74, 6) is -3.46. The number of nitro benzene ring substituents is 1. The van der Waals surface area contributed by atoms with Crippen LogP contribution in [0.15, 0.2) is 6.07 Å². The van der Waals surface area contributed by atoms with Gasteiger partial charge in [0.15, 0.2) is 0 Å². The number of nitrogens with one attached hydrogen (secondary N) is 1. The molecule has 0 spiro atoms. The van der Waals surface area contributed by atoms with Gasteiger partial charge in [0.05, 0.1) is 11.5 Å². The van der Waals surface area contributed by atoms with Crippen LogP contribution < -0.4 is 5.32 Å². The van der Waals surface area contributed by atoms with Crippen molar-refractivity contribution < 1.29 is 23.2 Å². The summed E-state index contributed by atoms with van der Waals surface area (Å²) in [7, 11) is 0. The molecule has 1 aliphatic rings. The number of carbonyl (C=O) groups is 1. The highest BCUT2D eigenvalue weighted by molar-refractivity contribution is 5.95. The highest BCUT2D eigenvalue weighted by Crippen LogP contribution is 2.26. The molecule has 2 rings (SSSR count). The largest absolute Gasteiger partial charge is 0.381 e. The van der Waals surface area contributed by atoms with Crippen molar-refractivity contribution in [1.29, 1.82) is 0 Å². The monoisotopic (exact) mass is 314 g/mol. The van der Waals surface area contributed by atoms with Crippen molar-refractivity contribution >= 4 is 11.6 Å². The number of amides is 1. The van der Waals surface area contributed by atoms with Crippen LogP contribution in [0.5, 0.6) is 0 Å². The highest BCUT2D eigenvalue weighted by Gasteiger charge is 2.28. The van der Waals surface area contributed by atoms with Crippen LogP contribution in [0.25, 0.3) is 0 Å². The van der Waals surface area contributed by atoms with E-state index in [0.717, 1.165) is 18.9 Å². The third-order valence-electron chi connectivity index (χ3n) is 3.59. The van der Waals surface area contributed by atoms with Crippen molar-refractivity contribution in [1.82, 2.24) is 5.32 Å². The molecule has 0 aliphatic carbocycles. The minimum Gasteiger partial charge on any atom is -0.381 e. The van der Waals surface area contributed by atoms with E-state index >= 15 is 0 Å². The molecule has 0 unspecified atom stereocenters. The average molecular weight is 314 g/mol. The Labute approximate surface area is 125 Å². The van der Waals surface area contributed by atoms with E-state index in [1.165, 1.54) is 6.92 Å². The standard InChI is InChI=1S/C14H16F2N2O4/c1-8-5-10(18(20)21)13(16)11(12(8)15)14(19)17-6-9-3-2-4-22-7-9/h5,9H,2-4,6-7H2,1H3,(H,17,19)/t9-/m1/s1. The van der Waals surface area contributed by atoms with Gasteiger partial charge in [-0.25, -0.2) is 4.39 Å². The number of ether oxygens (including phenoxy) is 1. The van der Waals surface area contributed by atoms with E-state index in [0.29, 0.717) is 13.2 Å². The number of hydrogen-bond donors (Lipinski definition) is 1. The molecule has 1 fully saturated rings. The fourth-order valence-corrected chi connectivity index (χ4v) is 2.38. The van der Waals surface area contributed by atoms with Gasteiger partial charge in [-0.3, -0.25) is 14.9 Å². The second-order valence-corrected chi connectivity index (χ2v) is 5.27. The molecule has 1 atom stereocenters. The summed E-state index contributed by atoms with van der Waals surface area (Å²) < 4.78 is 33.2. The van der Waals surface area contributed by atoms with Crippen molar-refractivity contribution in [3.8, 4) is 0 Å². The second-order valence-electron chi connectivity index (χ2n) is 5.27. The molecule has 0 bridgehead atoms. The van der Waals surface area contributed by atoms with E-state index < -0.39 is 33.7 Å². The van der Waals surface area contributed by atoms with Gasteiger partial charge >= 0.3 is 5.69 Å². The predicted molar refractivity (Wildman–Crippen MR) is 73.6 cm³/mol. The maximum atomic E-state index is 14.0. The van der Waals surface area contributed by atoms with Crippen molar-refractivity contribution in [2.75, 3.05) is 19.8 Å². The molecule has 22 heavy (non-hydrogen) atoms. The summed E-state index contributed by atoms with van der Waals surface area (Å²) in [6.07, 6.45) is 1.71. The summed E-state index contributed by atoms with van der Waals surface area (Å²) in [5, 5.41) is 13.2. The maximum absolute atomic E-state index is 14.0. The Bertz CT molecular complexity index is 601. The number of nitrogens with zero attached hydrogens (tertiary/aromatic N) is 1. The van der Waals surface area contributed by atoms with E-state index in [1.54, 1.807) is 0 Å². The third kappa shape index (κ3) is 3.38. The first-order valence-electron chi connectivity index (χ1n) is 6.90. The molecule has 6 nitrogen and oxygen atoms in total. The quantitative estimate of drug-likeness (QED) is 0.683. The fraction of sp³-hybridized carbons (Fsp3) is 0.500. The zero-order valence-corrected chi connectivity index (χ0v) is 12.0. The van der Waals surface area contributed by atoms with Crippen molar-refractivity contribution in [3.63, 3.8) is 0 Å². The van der Waals surface area contributed by atoms with E-state index in [2.05, 4.69) is 5.32 Å². The number of aryl methyl sites for hydroxylation is 1. The van der Waals surface area contributed by atoms with Crippen LogP contribution >= 0.6 is 0 Å². The van der Waals surface area contributed by atoms with E-state index in [4.69, 9.17) is 4.74 Å². The van der Waals surface area contributed by atoms with Gasteiger partial charge in [0.25, 0.3) is 5.91 Å². The van der Waals surface area contributed by atoms with Crippen LogP contribution in [0.2, 0.25) is 0 Å². The van der Waals surface area contributed by atoms with Crippen LogP contribution in [-0.2, 0) is 4.74 Å². The van der Waals surface area contributed by atoms with Gasteiger partial charge in [-0.05, 0) is 31.2 Å². The molecule has 120 valence electrons. The Morgan fingerprint density at radius 1 is 1.50 bits per heavy atom. The van der Waals surface area contributed by atoms with Gasteiger partial charge in [0, 0.05) is 19.2 Å². The molecular weight excluding hydrogens is 298 g/mol. The number of rotatable bonds is 4. The van der Waals surface area contributed by atoms with Crippen LogP contribution in [0.1, 0.15) is 28.8 Å². The molecular formula is C14H16F2N2O4. The Morgan fingerprint density at radius 2 is 2.23 bits per heavy atom. The summed E-state index contributed by atoms with van der Waals surface area (Å²) in [6, 6.07) is 0.774. The molecule has 1 N–H and O–H groups in total. The smallest absolute Gasteiger partial charge is 0.306 e. The molecule has 0 saturated carbocycles. The molecule has 0 radical (unpaired) electrons. The zero-order valence-electron chi connectivity index (χ0n) is 12.0. The van der Waals surface area contributed by atoms with Crippen LogP contribution in [0.4, 0.5) is 14.5 Å². The highest BCUT2D eigenvalue weighted by atomic mass is 19.1. The minimum absolute atomic E-state index is 0.0728. The van der Waals surface area contributed by atoms with Crippen LogP contribution in [-0.4, -0.2) is 30.6 Å². The number of hydrogen-bond acceptors (Lipinski definition) is 4. The minimum atomic E-state index is -1.45. The van der Waals surface area contributed by atoms with E-state index in [1.807, 2.05) is 0 Å². The van der Waals surface area contributed by atoms with E-state index in [-0.39, 0.29) is 18.0 Å². The summed E-state index contributed by atoms with van der Waals surface area (Å²) in [4.78, 5) is 21.8. The maximum Gasteiger partial charge on any atom is 0.306 e. The Kier molecular flexibility index (Phi) is 5.02. The second kappa shape index (κ2) is 6.78. The van der Waals surface area contributed by atoms with Gasteiger partial charge in [0.1, 0.15) is 11.4 Å². The summed E-state index contributed by atoms with van der Waals surface area (Å²) >= 11 is 0. The third-order valence-corrected chi connectivity index (χ3v) is 3.59. The van der Waals surface area contributed by atoms with Crippen LogP contribution in [0.3, 0.4) is 0 Å². The topological polar surface area (TPSA) is 81.5 Å². The van der Waals surface area contributed by atoms with Crippen molar-refractivity contribution in [3.05, 3.63) is 38.9 Å². The normalized spacial score (nSPS) is 18.0. The number of nitro groups is 1. The fourth-order valence-electron chi connectivity index (χ4n) is 2.38. The molecule has 0 aromatic heterocycles. The lowest BCUT2D eigenvalue weighted by molar-refractivity contribution is -0.387. The van der Waals surface area contributed by atoms with Gasteiger partial charge < -0.3 is 10.1 Å². The Balaban J connectivity index is 2.19. The first-order chi connectivity index (χ1) is 10.4. The van der Waals surface area contributed by atoms with E-state index in [9.17, 15) is 23.7 Å². The lowest BCUT2D eigenvalue weighted by Crippen LogP contribution is -2.34. The molecule has 1 saturated heterocycles. The lowest BCUT2D eigenvalue weighted by Gasteiger charge is -2.22. The molecule has 1 aliphatic heterocycles.